The van der Waals surface area contributed by atoms with Crippen LogP contribution in [0.15, 0.2) is 59.3 Å². The quantitative estimate of drug-likeness (QED) is 0.923. The number of aromatic nitrogens is 1. The van der Waals surface area contributed by atoms with Gasteiger partial charge in [-0.3, -0.25) is 14.6 Å². The molecule has 116 valence electrons. The number of nitrogens with zero attached hydrogens (tertiary/aromatic N) is 2. The first-order valence-electron chi connectivity index (χ1n) is 7.48. The largest absolute Gasteiger partial charge is 0.351 e. The molecule has 1 aliphatic heterocycles. The van der Waals surface area contributed by atoms with Gasteiger partial charge in [0, 0.05) is 31.0 Å². The van der Waals surface area contributed by atoms with E-state index in [1.807, 2.05) is 42.5 Å². The molecule has 0 bridgehead atoms. The number of amides is 2. The van der Waals surface area contributed by atoms with E-state index in [1.54, 1.807) is 6.20 Å². The molecular weight excluding hydrogens is 290 g/mol. The summed E-state index contributed by atoms with van der Waals surface area (Å²) in [6, 6.07) is 3.78. The molecule has 1 unspecified atom stereocenters. The predicted molar refractivity (Wildman–Crippen MR) is 87.8 cm³/mol. The highest BCUT2D eigenvalue weighted by atomic mass is 16.1. The van der Waals surface area contributed by atoms with Crippen LogP contribution in [0.2, 0.25) is 0 Å². The third kappa shape index (κ3) is 3.69. The van der Waals surface area contributed by atoms with Crippen molar-refractivity contribution in [3.05, 3.63) is 65.5 Å². The van der Waals surface area contributed by atoms with Crippen LogP contribution in [0.5, 0.6) is 0 Å². The number of aliphatic imine (C=N–C) groups is 1. The van der Waals surface area contributed by atoms with Crippen LogP contribution >= 0.6 is 0 Å². The van der Waals surface area contributed by atoms with Gasteiger partial charge in [0.05, 0.1) is 18.0 Å². The Kier molecular flexibility index (Phi) is 4.28. The van der Waals surface area contributed by atoms with Crippen molar-refractivity contribution >= 4 is 17.5 Å². The summed E-state index contributed by atoms with van der Waals surface area (Å²) in [7, 11) is 0. The molecule has 1 atom stereocenters. The second kappa shape index (κ2) is 6.52. The molecule has 1 aromatic rings. The summed E-state index contributed by atoms with van der Waals surface area (Å²) in [6.07, 6.45) is 12.0. The molecular formula is C18H17N3O2. The average molecular weight is 307 g/mol. The first-order chi connectivity index (χ1) is 11.1. The van der Waals surface area contributed by atoms with Crippen molar-refractivity contribution in [1.82, 2.24) is 10.3 Å². The molecule has 0 saturated carbocycles. The zero-order valence-corrected chi connectivity index (χ0v) is 12.8. The number of allylic oxidation sites excluding steroid dienone is 5. The Morgan fingerprint density at radius 3 is 2.91 bits per heavy atom. The van der Waals surface area contributed by atoms with Crippen LogP contribution in [-0.4, -0.2) is 22.5 Å². The maximum Gasteiger partial charge on any atom is 0.273 e. The van der Waals surface area contributed by atoms with Crippen molar-refractivity contribution in [2.45, 2.75) is 19.9 Å². The summed E-state index contributed by atoms with van der Waals surface area (Å²) < 4.78 is 0. The van der Waals surface area contributed by atoms with E-state index in [0.717, 1.165) is 17.0 Å². The monoisotopic (exact) mass is 307 g/mol. The van der Waals surface area contributed by atoms with Crippen LogP contribution in [0.25, 0.3) is 0 Å². The first-order valence-corrected chi connectivity index (χ1v) is 7.48. The second-order valence-electron chi connectivity index (χ2n) is 5.55. The van der Waals surface area contributed by atoms with Crippen molar-refractivity contribution < 1.29 is 9.59 Å². The third-order valence-corrected chi connectivity index (χ3v) is 3.72. The van der Waals surface area contributed by atoms with E-state index in [0.29, 0.717) is 18.5 Å². The Bertz CT molecular complexity index is 755. The summed E-state index contributed by atoms with van der Waals surface area (Å²) in [5.41, 5.74) is 3.22. The highest BCUT2D eigenvalue weighted by Crippen LogP contribution is 2.22. The lowest BCUT2D eigenvalue weighted by atomic mass is 9.91. The minimum Gasteiger partial charge on any atom is -0.351 e. The lowest BCUT2D eigenvalue weighted by molar-refractivity contribution is -0.119. The maximum atomic E-state index is 12.1. The molecule has 1 aliphatic carbocycles. The van der Waals surface area contributed by atoms with Crippen LogP contribution in [0.4, 0.5) is 0 Å². The number of carbonyl (C=O) groups excluding carboxylic acids is 2. The van der Waals surface area contributed by atoms with Crippen molar-refractivity contribution in [1.29, 1.82) is 0 Å². The predicted octanol–water partition coefficient (Wildman–Crippen LogP) is 1.91. The molecule has 3 rings (SSSR count). The topological polar surface area (TPSA) is 71.4 Å². The second-order valence-corrected chi connectivity index (χ2v) is 5.55. The molecule has 0 radical (unpaired) electrons. The van der Waals surface area contributed by atoms with Crippen molar-refractivity contribution in [3.63, 3.8) is 0 Å². The molecule has 1 N–H and O–H groups in total. The number of nitrogens with one attached hydrogen (secondary N) is 1. The molecule has 0 spiro atoms. The van der Waals surface area contributed by atoms with Crippen molar-refractivity contribution in [2.24, 2.45) is 10.9 Å². The highest BCUT2D eigenvalue weighted by molar-refractivity contribution is 6.13. The van der Waals surface area contributed by atoms with Gasteiger partial charge in [0.15, 0.2) is 0 Å². The molecule has 0 fully saturated rings. The lowest BCUT2D eigenvalue weighted by Crippen LogP contribution is -2.20. The van der Waals surface area contributed by atoms with Gasteiger partial charge in [-0.2, -0.15) is 0 Å². The smallest absolute Gasteiger partial charge is 0.273 e. The number of fused-ring (bicyclic) bond motifs is 1. The maximum absolute atomic E-state index is 12.1. The van der Waals surface area contributed by atoms with Gasteiger partial charge in [0.1, 0.15) is 0 Å². The highest BCUT2D eigenvalue weighted by Gasteiger charge is 2.22. The summed E-state index contributed by atoms with van der Waals surface area (Å²) in [5, 5.41) is 2.70. The molecule has 2 aliphatic rings. The number of hydrogen-bond acceptors (Lipinski definition) is 3. The fourth-order valence-corrected chi connectivity index (χ4v) is 2.51. The SMILES string of the molecule is CC(=O)NCc1ccc(CC2=CC3C=CC=CC3=NC2=O)cn1. The molecule has 5 heteroatoms. The van der Waals surface area contributed by atoms with E-state index < -0.39 is 0 Å². The van der Waals surface area contributed by atoms with E-state index in [9.17, 15) is 9.59 Å². The third-order valence-electron chi connectivity index (χ3n) is 3.72. The van der Waals surface area contributed by atoms with Gasteiger partial charge >= 0.3 is 0 Å². The van der Waals surface area contributed by atoms with E-state index in [1.165, 1.54) is 6.92 Å². The van der Waals surface area contributed by atoms with Gasteiger partial charge in [-0.05, 0) is 17.7 Å². The molecule has 1 aromatic heterocycles. The number of rotatable bonds is 4. The lowest BCUT2D eigenvalue weighted by Gasteiger charge is -2.18. The van der Waals surface area contributed by atoms with Gasteiger partial charge in [0.25, 0.3) is 5.91 Å². The van der Waals surface area contributed by atoms with Crippen molar-refractivity contribution in [3.8, 4) is 0 Å². The van der Waals surface area contributed by atoms with Gasteiger partial charge in [0.2, 0.25) is 5.91 Å². The summed E-state index contributed by atoms with van der Waals surface area (Å²) in [5.74, 6) is -0.185. The summed E-state index contributed by atoms with van der Waals surface area (Å²) in [6.45, 7) is 1.88. The van der Waals surface area contributed by atoms with Gasteiger partial charge in [-0.25, -0.2) is 4.99 Å². The fourth-order valence-electron chi connectivity index (χ4n) is 2.51. The first kappa shape index (κ1) is 15.1. The zero-order chi connectivity index (χ0) is 16.2. The molecule has 2 heterocycles. The Hall–Kier alpha value is -2.82. The normalized spacial score (nSPS) is 19.0. The Morgan fingerprint density at radius 1 is 1.30 bits per heavy atom. The van der Waals surface area contributed by atoms with Gasteiger partial charge in [-0.1, -0.05) is 30.4 Å². The minimum absolute atomic E-state index is 0.0831. The van der Waals surface area contributed by atoms with E-state index >= 15 is 0 Å². The number of carbonyl (C=O) groups is 2. The standard InChI is InChI=1S/C18H17N3O2/c1-12(22)19-11-16-7-6-13(10-20-16)8-15-9-14-4-2-3-5-17(14)21-18(15)23/h2-7,9-10,14H,8,11H2,1H3,(H,19,22). The molecule has 0 aromatic carbocycles. The van der Waals surface area contributed by atoms with Crippen LogP contribution in [0.1, 0.15) is 18.2 Å². The van der Waals surface area contributed by atoms with Gasteiger partial charge < -0.3 is 5.32 Å². The fraction of sp³-hybridized carbons (Fsp3) is 0.222. The molecule has 0 saturated heterocycles. The Balaban J connectivity index is 1.68. The molecule has 5 nitrogen and oxygen atoms in total. The zero-order valence-electron chi connectivity index (χ0n) is 12.8. The van der Waals surface area contributed by atoms with Crippen LogP contribution in [0.3, 0.4) is 0 Å². The molecule has 2 amide bonds. The van der Waals surface area contributed by atoms with E-state index in [-0.39, 0.29) is 17.7 Å². The molecule has 23 heavy (non-hydrogen) atoms. The minimum atomic E-state index is -0.182. The Labute approximate surface area is 134 Å². The summed E-state index contributed by atoms with van der Waals surface area (Å²) in [4.78, 5) is 31.5. The van der Waals surface area contributed by atoms with Crippen LogP contribution < -0.4 is 5.32 Å². The average Bonchev–Trinajstić information content (AvgIpc) is 2.55. The Morgan fingerprint density at radius 2 is 2.17 bits per heavy atom. The van der Waals surface area contributed by atoms with Crippen LogP contribution in [-0.2, 0) is 22.6 Å². The summed E-state index contributed by atoms with van der Waals surface area (Å²) >= 11 is 0. The number of dihydropyridines is 1. The van der Waals surface area contributed by atoms with Crippen molar-refractivity contribution in [2.75, 3.05) is 0 Å². The number of pyridine rings is 1. The number of hydrogen-bond donors (Lipinski definition) is 1. The van der Waals surface area contributed by atoms with E-state index in [2.05, 4.69) is 15.3 Å². The van der Waals surface area contributed by atoms with Crippen LogP contribution in [0, 0.1) is 5.92 Å². The van der Waals surface area contributed by atoms with E-state index in [4.69, 9.17) is 0 Å². The van der Waals surface area contributed by atoms with Gasteiger partial charge in [-0.15, -0.1) is 0 Å².